The van der Waals surface area contributed by atoms with E-state index in [1.807, 2.05) is 18.5 Å². The summed E-state index contributed by atoms with van der Waals surface area (Å²) in [6.07, 6.45) is 7.20. The van der Waals surface area contributed by atoms with Crippen molar-refractivity contribution in [2.45, 2.75) is 32.2 Å². The molecule has 3 rings (SSSR count). The molecule has 0 aliphatic heterocycles. The highest BCUT2D eigenvalue weighted by Gasteiger charge is 2.21. The molecule has 1 heterocycles. The lowest BCUT2D eigenvalue weighted by Gasteiger charge is -2.12. The molecule has 0 saturated carbocycles. The molecule has 98 valence electrons. The molecule has 1 N–H and O–H groups in total. The number of nitrogens with zero attached hydrogens (tertiary/aromatic N) is 1. The molecule has 1 aromatic carbocycles. The Kier molecular flexibility index (Phi) is 3.60. The first-order valence-corrected chi connectivity index (χ1v) is 7.11. The van der Waals surface area contributed by atoms with Gasteiger partial charge in [-0.3, -0.25) is 4.98 Å². The highest BCUT2D eigenvalue weighted by molar-refractivity contribution is 5.39. The molecule has 2 aromatic rings. The second-order valence-corrected chi connectivity index (χ2v) is 5.22. The van der Waals surface area contributed by atoms with Gasteiger partial charge in [0.15, 0.2) is 0 Å². The van der Waals surface area contributed by atoms with Gasteiger partial charge in [-0.1, -0.05) is 31.2 Å². The van der Waals surface area contributed by atoms with E-state index in [0.717, 1.165) is 13.0 Å². The summed E-state index contributed by atoms with van der Waals surface area (Å²) >= 11 is 0. The second-order valence-electron chi connectivity index (χ2n) is 5.22. The molecule has 0 saturated heterocycles. The summed E-state index contributed by atoms with van der Waals surface area (Å²) in [6, 6.07) is 11.7. The van der Waals surface area contributed by atoms with E-state index in [-0.39, 0.29) is 0 Å². The summed E-state index contributed by atoms with van der Waals surface area (Å²) in [5, 5.41) is 3.56. The van der Waals surface area contributed by atoms with Crippen LogP contribution in [0.1, 0.15) is 41.6 Å². The lowest BCUT2D eigenvalue weighted by atomic mass is 10.0. The van der Waals surface area contributed by atoms with Crippen molar-refractivity contribution in [3.63, 3.8) is 0 Å². The molecule has 1 aromatic heterocycles. The van der Waals surface area contributed by atoms with Gasteiger partial charge in [0.05, 0.1) is 0 Å². The second kappa shape index (κ2) is 5.54. The van der Waals surface area contributed by atoms with Crippen LogP contribution in [0.3, 0.4) is 0 Å². The summed E-state index contributed by atoms with van der Waals surface area (Å²) in [5.74, 6) is 0. The molecule has 1 atom stereocenters. The molecule has 1 unspecified atom stereocenters. The third kappa shape index (κ3) is 2.69. The molecular formula is C17H20N2. The molecular weight excluding hydrogens is 232 g/mol. The van der Waals surface area contributed by atoms with Gasteiger partial charge >= 0.3 is 0 Å². The third-order valence-corrected chi connectivity index (χ3v) is 3.87. The summed E-state index contributed by atoms with van der Waals surface area (Å²) in [7, 11) is 0. The van der Waals surface area contributed by atoms with Crippen molar-refractivity contribution in [1.29, 1.82) is 0 Å². The van der Waals surface area contributed by atoms with Crippen molar-refractivity contribution in [1.82, 2.24) is 10.3 Å². The maximum atomic E-state index is 4.18. The van der Waals surface area contributed by atoms with E-state index >= 15 is 0 Å². The first-order chi connectivity index (χ1) is 9.36. The SMILES string of the molecule is CCNC1CCc2cc(Cc3cccnc3)ccc21. The number of rotatable bonds is 4. The van der Waals surface area contributed by atoms with E-state index in [9.17, 15) is 0 Å². The number of hydrogen-bond donors (Lipinski definition) is 1. The van der Waals surface area contributed by atoms with E-state index in [1.165, 1.54) is 35.1 Å². The van der Waals surface area contributed by atoms with Gasteiger partial charge < -0.3 is 5.32 Å². The molecule has 0 radical (unpaired) electrons. The summed E-state index contributed by atoms with van der Waals surface area (Å²) in [6.45, 7) is 3.22. The van der Waals surface area contributed by atoms with Gasteiger partial charge in [0.2, 0.25) is 0 Å². The molecule has 1 aliphatic rings. The average Bonchev–Trinajstić information content (AvgIpc) is 2.83. The summed E-state index contributed by atoms with van der Waals surface area (Å²) in [4.78, 5) is 4.18. The standard InChI is InChI=1S/C17H20N2/c1-2-19-17-8-6-15-11-13(5-7-16(15)17)10-14-4-3-9-18-12-14/h3-5,7,9,11-12,17,19H,2,6,8,10H2,1H3. The van der Waals surface area contributed by atoms with E-state index < -0.39 is 0 Å². The third-order valence-electron chi connectivity index (χ3n) is 3.87. The number of pyridine rings is 1. The van der Waals surface area contributed by atoms with E-state index in [1.54, 1.807) is 0 Å². The van der Waals surface area contributed by atoms with Gasteiger partial charge in [0, 0.05) is 18.4 Å². The zero-order valence-corrected chi connectivity index (χ0v) is 11.4. The molecule has 1 aliphatic carbocycles. The lowest BCUT2D eigenvalue weighted by molar-refractivity contribution is 0.549. The highest BCUT2D eigenvalue weighted by Crippen LogP contribution is 2.31. The average molecular weight is 252 g/mol. The highest BCUT2D eigenvalue weighted by atomic mass is 14.9. The Hall–Kier alpha value is -1.67. The predicted molar refractivity (Wildman–Crippen MR) is 78.2 cm³/mol. The Morgan fingerprint density at radius 1 is 1.26 bits per heavy atom. The van der Waals surface area contributed by atoms with Crippen LogP contribution in [0.5, 0.6) is 0 Å². The van der Waals surface area contributed by atoms with Crippen molar-refractivity contribution in [2.24, 2.45) is 0 Å². The first kappa shape index (κ1) is 12.4. The summed E-state index contributed by atoms with van der Waals surface area (Å²) < 4.78 is 0. The molecule has 2 heteroatoms. The number of aromatic nitrogens is 1. The Morgan fingerprint density at radius 2 is 2.21 bits per heavy atom. The molecule has 2 nitrogen and oxygen atoms in total. The minimum Gasteiger partial charge on any atom is -0.310 e. The Balaban J connectivity index is 1.79. The van der Waals surface area contributed by atoms with Crippen LogP contribution in [-0.4, -0.2) is 11.5 Å². The zero-order valence-electron chi connectivity index (χ0n) is 11.4. The molecule has 19 heavy (non-hydrogen) atoms. The van der Waals surface area contributed by atoms with Gasteiger partial charge in [-0.25, -0.2) is 0 Å². The van der Waals surface area contributed by atoms with Gasteiger partial charge in [-0.15, -0.1) is 0 Å². The number of nitrogens with one attached hydrogen (secondary N) is 1. The van der Waals surface area contributed by atoms with Crippen molar-refractivity contribution in [3.05, 3.63) is 65.0 Å². The molecule has 0 bridgehead atoms. The zero-order chi connectivity index (χ0) is 13.1. The van der Waals surface area contributed by atoms with Gasteiger partial charge in [0.1, 0.15) is 0 Å². The quantitative estimate of drug-likeness (QED) is 0.903. The smallest absolute Gasteiger partial charge is 0.0326 e. The maximum Gasteiger partial charge on any atom is 0.0326 e. The van der Waals surface area contributed by atoms with Crippen LogP contribution >= 0.6 is 0 Å². The largest absolute Gasteiger partial charge is 0.310 e. The molecule has 0 fully saturated rings. The van der Waals surface area contributed by atoms with Crippen LogP contribution in [0.15, 0.2) is 42.7 Å². The molecule has 0 spiro atoms. The monoisotopic (exact) mass is 252 g/mol. The van der Waals surface area contributed by atoms with Crippen LogP contribution in [0.4, 0.5) is 0 Å². The van der Waals surface area contributed by atoms with Crippen LogP contribution in [0, 0.1) is 0 Å². The van der Waals surface area contributed by atoms with Gasteiger partial charge in [0.25, 0.3) is 0 Å². The fourth-order valence-electron chi connectivity index (χ4n) is 2.98. The number of fused-ring (bicyclic) bond motifs is 1. The van der Waals surface area contributed by atoms with Crippen molar-refractivity contribution in [2.75, 3.05) is 6.54 Å². The van der Waals surface area contributed by atoms with E-state index in [4.69, 9.17) is 0 Å². The topological polar surface area (TPSA) is 24.9 Å². The number of aryl methyl sites for hydroxylation is 1. The van der Waals surface area contributed by atoms with Crippen LogP contribution in [0.2, 0.25) is 0 Å². The first-order valence-electron chi connectivity index (χ1n) is 7.11. The fraction of sp³-hybridized carbons (Fsp3) is 0.353. The van der Waals surface area contributed by atoms with Crippen LogP contribution in [-0.2, 0) is 12.8 Å². The predicted octanol–water partition coefficient (Wildman–Crippen LogP) is 3.27. The summed E-state index contributed by atoms with van der Waals surface area (Å²) in [5.41, 5.74) is 5.69. The van der Waals surface area contributed by atoms with Crippen molar-refractivity contribution >= 4 is 0 Å². The fourth-order valence-corrected chi connectivity index (χ4v) is 2.98. The van der Waals surface area contributed by atoms with Gasteiger partial charge in [-0.2, -0.15) is 0 Å². The Bertz CT molecular complexity index is 548. The van der Waals surface area contributed by atoms with Crippen molar-refractivity contribution in [3.8, 4) is 0 Å². The maximum absolute atomic E-state index is 4.18. The van der Waals surface area contributed by atoms with E-state index in [0.29, 0.717) is 6.04 Å². The Morgan fingerprint density at radius 3 is 3.00 bits per heavy atom. The molecule has 0 amide bonds. The van der Waals surface area contributed by atoms with Gasteiger partial charge in [-0.05, 0) is 54.1 Å². The minimum absolute atomic E-state index is 0.562. The van der Waals surface area contributed by atoms with Crippen molar-refractivity contribution < 1.29 is 0 Å². The van der Waals surface area contributed by atoms with Crippen LogP contribution < -0.4 is 5.32 Å². The van der Waals surface area contributed by atoms with E-state index in [2.05, 4.69) is 41.5 Å². The van der Waals surface area contributed by atoms with Crippen LogP contribution in [0.25, 0.3) is 0 Å². The number of benzene rings is 1. The minimum atomic E-state index is 0.562. The number of hydrogen-bond acceptors (Lipinski definition) is 2. The lowest BCUT2D eigenvalue weighted by Crippen LogP contribution is -2.18. The normalized spacial score (nSPS) is 17.4. The Labute approximate surface area is 114 Å².